The standard InChI is InChI=1S/C18H27F3NO9PS/c1-7-27-16(23)17(18(19,20)21,22-33(25,26)15-10-8-14(6)9-11-15)32(24,30-28-12(2)3)31-29-13(4)5/h8-13,22H,7H2,1-6H3. The number of carbonyl (C=O) groups excluding carboxylic acids is 1. The highest BCUT2D eigenvalue weighted by Gasteiger charge is 2.78. The van der Waals surface area contributed by atoms with Gasteiger partial charge in [-0.3, -0.25) is 4.57 Å². The summed E-state index contributed by atoms with van der Waals surface area (Å²) in [6.45, 7) is 7.39. The van der Waals surface area contributed by atoms with Crippen molar-refractivity contribution < 1.29 is 54.8 Å². The molecule has 0 radical (unpaired) electrons. The second-order valence-corrected chi connectivity index (χ2v) is 10.9. The Balaban J connectivity index is 3.84. The van der Waals surface area contributed by atoms with Gasteiger partial charge in [0.1, 0.15) is 0 Å². The van der Waals surface area contributed by atoms with Gasteiger partial charge in [0, 0.05) is 0 Å². The summed E-state index contributed by atoms with van der Waals surface area (Å²) >= 11 is 0. The van der Waals surface area contributed by atoms with Gasteiger partial charge in [0.05, 0.1) is 23.7 Å². The number of nitrogens with one attached hydrogen (secondary N) is 1. The third-order valence-corrected chi connectivity index (χ3v) is 7.23. The van der Waals surface area contributed by atoms with E-state index in [9.17, 15) is 30.9 Å². The van der Waals surface area contributed by atoms with E-state index in [1.165, 1.54) is 39.8 Å². The van der Waals surface area contributed by atoms with E-state index in [1.807, 2.05) is 0 Å². The van der Waals surface area contributed by atoms with Crippen LogP contribution >= 0.6 is 7.60 Å². The van der Waals surface area contributed by atoms with Gasteiger partial charge >= 0.3 is 25.0 Å². The zero-order valence-corrected chi connectivity index (χ0v) is 20.5. The predicted octanol–water partition coefficient (Wildman–Crippen LogP) is 4.00. The Labute approximate surface area is 190 Å². The summed E-state index contributed by atoms with van der Waals surface area (Å²) in [5, 5.41) is -4.58. The summed E-state index contributed by atoms with van der Waals surface area (Å²) in [5.41, 5.74) is 0.606. The van der Waals surface area contributed by atoms with Crippen molar-refractivity contribution in [3.05, 3.63) is 29.8 Å². The highest BCUT2D eigenvalue weighted by Crippen LogP contribution is 2.65. The first-order valence-corrected chi connectivity index (χ1v) is 12.7. The molecule has 1 unspecified atom stereocenters. The summed E-state index contributed by atoms with van der Waals surface area (Å²) < 4.78 is 97.5. The average molecular weight is 521 g/mol. The minimum absolute atomic E-state index is 0.606. The first-order chi connectivity index (χ1) is 15.0. The van der Waals surface area contributed by atoms with E-state index in [1.54, 1.807) is 6.92 Å². The number of ether oxygens (including phenoxy) is 1. The smallest absolute Gasteiger partial charge is 0.430 e. The fourth-order valence-electron chi connectivity index (χ4n) is 2.15. The molecule has 1 N–H and O–H groups in total. The number of hydrogen-bond donors (Lipinski definition) is 1. The molecule has 0 heterocycles. The van der Waals surface area contributed by atoms with Gasteiger partial charge in [-0.2, -0.15) is 17.9 Å². The van der Waals surface area contributed by atoms with E-state index in [0.717, 1.165) is 23.8 Å². The molecule has 1 aromatic carbocycles. The molecule has 1 aromatic rings. The number of carbonyl (C=O) groups is 1. The van der Waals surface area contributed by atoms with E-state index in [-0.39, 0.29) is 0 Å². The minimum Gasteiger partial charge on any atom is -0.464 e. The molecule has 190 valence electrons. The van der Waals surface area contributed by atoms with Crippen LogP contribution in [0.3, 0.4) is 0 Å². The monoisotopic (exact) mass is 521 g/mol. The van der Waals surface area contributed by atoms with Crippen LogP contribution in [-0.2, 0) is 43.2 Å². The Morgan fingerprint density at radius 2 is 1.48 bits per heavy atom. The third kappa shape index (κ3) is 6.98. The lowest BCUT2D eigenvalue weighted by molar-refractivity contribution is -0.302. The van der Waals surface area contributed by atoms with Crippen LogP contribution in [0.25, 0.3) is 0 Å². The number of rotatable bonds is 12. The van der Waals surface area contributed by atoms with Crippen LogP contribution in [0, 0.1) is 6.92 Å². The first-order valence-electron chi connectivity index (χ1n) is 9.67. The SMILES string of the molecule is CCOC(=O)C(NS(=O)(=O)c1ccc(C)cc1)(C(F)(F)F)P(=O)(OOC(C)C)OOC(C)C. The molecule has 0 aliphatic carbocycles. The number of esters is 1. The van der Waals surface area contributed by atoms with Gasteiger partial charge in [-0.05, 0) is 53.7 Å². The molecule has 33 heavy (non-hydrogen) atoms. The molecule has 0 aliphatic rings. The predicted molar refractivity (Wildman–Crippen MR) is 109 cm³/mol. The molecule has 0 fully saturated rings. The fourth-order valence-corrected chi connectivity index (χ4v) is 5.58. The molecule has 0 saturated carbocycles. The number of benzene rings is 1. The molecule has 0 saturated heterocycles. The summed E-state index contributed by atoms with van der Waals surface area (Å²) in [5.74, 6) is -2.30. The molecule has 15 heteroatoms. The Hall–Kier alpha value is -1.54. The minimum atomic E-state index is -6.04. The molecular formula is C18H27F3NO9PS. The van der Waals surface area contributed by atoms with Crippen molar-refractivity contribution in [3.8, 4) is 0 Å². The maximum absolute atomic E-state index is 14.5. The Morgan fingerprint density at radius 1 is 1.03 bits per heavy atom. The summed E-state index contributed by atoms with van der Waals surface area (Å²) in [4.78, 5) is 21.2. The van der Waals surface area contributed by atoms with Gasteiger partial charge in [0.15, 0.2) is 0 Å². The Bertz CT molecular complexity index is 936. The first kappa shape index (κ1) is 29.5. The molecule has 1 atom stereocenters. The number of sulfonamides is 1. The summed E-state index contributed by atoms with van der Waals surface area (Å²) in [7, 11) is -11.2. The zero-order chi connectivity index (χ0) is 25.7. The highest BCUT2D eigenvalue weighted by molar-refractivity contribution is 7.90. The number of aryl methyl sites for hydroxylation is 1. The second kappa shape index (κ2) is 11.3. The van der Waals surface area contributed by atoms with E-state index in [2.05, 4.69) is 23.9 Å². The van der Waals surface area contributed by atoms with E-state index in [0.29, 0.717) is 5.56 Å². The van der Waals surface area contributed by atoms with Gasteiger partial charge in [-0.25, -0.2) is 23.0 Å². The maximum Gasteiger partial charge on any atom is 0.430 e. The topological polar surface area (TPSA) is 126 Å². The molecule has 0 aromatic heterocycles. The maximum atomic E-state index is 14.5. The molecule has 1 rings (SSSR count). The van der Waals surface area contributed by atoms with Crippen LogP contribution in [0.4, 0.5) is 13.2 Å². The van der Waals surface area contributed by atoms with Crippen LogP contribution in [-0.4, -0.2) is 44.7 Å². The number of alkyl halides is 3. The molecule has 0 spiro atoms. The van der Waals surface area contributed by atoms with Gasteiger partial charge in [-0.15, -0.1) is 9.35 Å². The van der Waals surface area contributed by atoms with Crippen LogP contribution in [0.1, 0.15) is 40.2 Å². The normalized spacial score (nSPS) is 15.0. The fraction of sp³-hybridized carbons (Fsp3) is 0.611. The quantitative estimate of drug-likeness (QED) is 0.188. The largest absolute Gasteiger partial charge is 0.464 e. The average Bonchev–Trinajstić information content (AvgIpc) is 2.68. The number of hydrogen-bond acceptors (Lipinski definition) is 9. The lowest BCUT2D eigenvalue weighted by Crippen LogP contribution is -2.64. The van der Waals surface area contributed by atoms with Crippen LogP contribution in [0.2, 0.25) is 0 Å². The van der Waals surface area contributed by atoms with Crippen molar-refractivity contribution in [1.82, 2.24) is 4.72 Å². The van der Waals surface area contributed by atoms with Gasteiger partial charge < -0.3 is 4.74 Å². The summed E-state index contributed by atoms with van der Waals surface area (Å²) in [6, 6.07) is 4.60. The Morgan fingerprint density at radius 3 is 1.85 bits per heavy atom. The third-order valence-electron chi connectivity index (χ3n) is 3.67. The molecule has 0 aliphatic heterocycles. The summed E-state index contributed by atoms with van der Waals surface area (Å²) in [6.07, 6.45) is -7.85. The van der Waals surface area contributed by atoms with Crippen molar-refractivity contribution in [2.75, 3.05) is 6.61 Å². The van der Waals surface area contributed by atoms with Crippen LogP contribution < -0.4 is 4.72 Å². The lowest BCUT2D eigenvalue weighted by Gasteiger charge is -2.36. The van der Waals surface area contributed by atoms with E-state index in [4.69, 9.17) is 0 Å². The van der Waals surface area contributed by atoms with Crippen molar-refractivity contribution in [2.24, 2.45) is 0 Å². The van der Waals surface area contributed by atoms with Crippen molar-refractivity contribution in [2.45, 2.75) is 70.1 Å². The Kier molecular flexibility index (Phi) is 10.1. The van der Waals surface area contributed by atoms with Gasteiger partial charge in [0.25, 0.3) is 0 Å². The highest BCUT2D eigenvalue weighted by atomic mass is 32.2. The van der Waals surface area contributed by atoms with Crippen molar-refractivity contribution in [1.29, 1.82) is 0 Å². The van der Waals surface area contributed by atoms with Crippen molar-refractivity contribution in [3.63, 3.8) is 0 Å². The molecular weight excluding hydrogens is 494 g/mol. The van der Waals surface area contributed by atoms with E-state index < -0.39 is 58.8 Å². The van der Waals surface area contributed by atoms with Crippen LogP contribution in [0.5, 0.6) is 0 Å². The van der Waals surface area contributed by atoms with Crippen molar-refractivity contribution >= 4 is 23.6 Å². The molecule has 0 bridgehead atoms. The van der Waals surface area contributed by atoms with E-state index >= 15 is 0 Å². The zero-order valence-electron chi connectivity index (χ0n) is 18.8. The van der Waals surface area contributed by atoms with Gasteiger partial charge in [0.2, 0.25) is 10.0 Å². The molecule has 0 amide bonds. The van der Waals surface area contributed by atoms with Gasteiger partial charge in [-0.1, -0.05) is 17.7 Å². The van der Waals surface area contributed by atoms with Crippen LogP contribution in [0.15, 0.2) is 29.2 Å². The lowest BCUT2D eigenvalue weighted by atomic mass is 10.2. The molecule has 10 nitrogen and oxygen atoms in total. The number of halogens is 3. The second-order valence-electron chi connectivity index (χ2n) is 7.28.